The third-order valence-corrected chi connectivity index (χ3v) is 3.23. The maximum atomic E-state index is 14.1. The summed E-state index contributed by atoms with van der Waals surface area (Å²) < 4.78 is 33.5. The van der Waals surface area contributed by atoms with E-state index in [2.05, 4.69) is 21.1 Å². The van der Waals surface area contributed by atoms with Gasteiger partial charge in [-0.1, -0.05) is 33.2 Å². The minimum Gasteiger partial charge on any atom is -0.486 e. The Morgan fingerprint density at radius 3 is 2.71 bits per heavy atom. The monoisotopic (exact) mass is 356 g/mol. The Hall–Kier alpha value is -2.15. The first-order valence-corrected chi connectivity index (χ1v) is 6.65. The molecule has 21 heavy (non-hydrogen) atoms. The molecule has 2 aromatic carbocycles. The highest BCUT2D eigenvalue weighted by molar-refractivity contribution is 9.10. The predicted molar refractivity (Wildman–Crippen MR) is 77.3 cm³/mol. The molecule has 7 heteroatoms. The topological polar surface area (TPSA) is 67.8 Å². The van der Waals surface area contributed by atoms with E-state index in [1.165, 1.54) is 30.3 Å². The van der Waals surface area contributed by atoms with Crippen molar-refractivity contribution in [2.45, 2.75) is 6.61 Å². The van der Waals surface area contributed by atoms with Gasteiger partial charge in [0.25, 0.3) is 0 Å². The molecule has 3 N–H and O–H groups in total. The van der Waals surface area contributed by atoms with Crippen LogP contribution < -0.4 is 10.5 Å². The standard InChI is InChI=1S/C14H11BrF2N2O2/c15-9-4-5-12(11(16)6-9)21-7-8-2-1-3-10(13(8)17)14(18)19-20/h1-6,20H,7H2,(H2,18,19). The van der Waals surface area contributed by atoms with Gasteiger partial charge in [0.15, 0.2) is 17.4 Å². The zero-order chi connectivity index (χ0) is 15.4. The Morgan fingerprint density at radius 1 is 1.29 bits per heavy atom. The molecule has 2 rings (SSSR count). The summed E-state index contributed by atoms with van der Waals surface area (Å²) in [5.74, 6) is -1.57. The summed E-state index contributed by atoms with van der Waals surface area (Å²) in [4.78, 5) is 0. The van der Waals surface area contributed by atoms with Crippen molar-refractivity contribution in [2.75, 3.05) is 0 Å². The lowest BCUT2D eigenvalue weighted by Gasteiger charge is -2.10. The van der Waals surface area contributed by atoms with Gasteiger partial charge in [0.05, 0.1) is 5.56 Å². The Morgan fingerprint density at radius 2 is 2.05 bits per heavy atom. The summed E-state index contributed by atoms with van der Waals surface area (Å²) >= 11 is 3.13. The van der Waals surface area contributed by atoms with Crippen molar-refractivity contribution in [3.05, 3.63) is 63.6 Å². The van der Waals surface area contributed by atoms with Gasteiger partial charge >= 0.3 is 0 Å². The highest BCUT2D eigenvalue weighted by Crippen LogP contribution is 2.23. The van der Waals surface area contributed by atoms with Gasteiger partial charge in [0, 0.05) is 10.0 Å². The fraction of sp³-hybridized carbons (Fsp3) is 0.0714. The van der Waals surface area contributed by atoms with Crippen molar-refractivity contribution in [1.29, 1.82) is 0 Å². The van der Waals surface area contributed by atoms with Gasteiger partial charge in [-0.2, -0.15) is 0 Å². The van der Waals surface area contributed by atoms with Crippen molar-refractivity contribution in [2.24, 2.45) is 10.9 Å². The fourth-order valence-electron chi connectivity index (χ4n) is 1.69. The van der Waals surface area contributed by atoms with Gasteiger partial charge in [0.1, 0.15) is 12.4 Å². The van der Waals surface area contributed by atoms with E-state index in [-0.39, 0.29) is 29.3 Å². The first-order chi connectivity index (χ1) is 10.0. The smallest absolute Gasteiger partial charge is 0.173 e. The van der Waals surface area contributed by atoms with E-state index in [4.69, 9.17) is 15.7 Å². The van der Waals surface area contributed by atoms with E-state index in [1.807, 2.05) is 0 Å². The average molecular weight is 357 g/mol. The molecule has 0 unspecified atom stereocenters. The van der Waals surface area contributed by atoms with Crippen LogP contribution in [-0.4, -0.2) is 11.0 Å². The lowest BCUT2D eigenvalue weighted by atomic mass is 10.1. The number of nitrogens with zero attached hydrogens (tertiary/aromatic N) is 1. The second kappa shape index (κ2) is 6.53. The minimum atomic E-state index is -0.676. The van der Waals surface area contributed by atoms with Crippen LogP contribution >= 0.6 is 15.9 Å². The first-order valence-electron chi connectivity index (χ1n) is 5.86. The lowest BCUT2D eigenvalue weighted by molar-refractivity contribution is 0.284. The van der Waals surface area contributed by atoms with Crippen LogP contribution in [0.1, 0.15) is 11.1 Å². The van der Waals surface area contributed by atoms with Crippen LogP contribution in [0.15, 0.2) is 46.0 Å². The van der Waals surface area contributed by atoms with E-state index >= 15 is 0 Å². The molecule has 0 heterocycles. The Labute approximate surface area is 128 Å². The van der Waals surface area contributed by atoms with Crippen LogP contribution in [0.4, 0.5) is 8.78 Å². The number of hydrogen-bond acceptors (Lipinski definition) is 3. The summed E-state index contributed by atoms with van der Waals surface area (Å²) in [6.45, 7) is -0.184. The molecular weight excluding hydrogens is 346 g/mol. The highest BCUT2D eigenvalue weighted by Gasteiger charge is 2.13. The van der Waals surface area contributed by atoms with E-state index in [0.717, 1.165) is 0 Å². The first kappa shape index (κ1) is 15.2. The van der Waals surface area contributed by atoms with Crippen LogP contribution in [0.25, 0.3) is 0 Å². The number of rotatable bonds is 4. The number of benzene rings is 2. The van der Waals surface area contributed by atoms with Gasteiger partial charge in [0.2, 0.25) is 0 Å². The minimum absolute atomic E-state index is 0.00630. The molecule has 2 aromatic rings. The molecule has 4 nitrogen and oxygen atoms in total. The van der Waals surface area contributed by atoms with E-state index < -0.39 is 11.6 Å². The third kappa shape index (κ3) is 3.49. The van der Waals surface area contributed by atoms with Gasteiger partial charge in [-0.05, 0) is 24.3 Å². The SMILES string of the molecule is N/C(=N/O)c1cccc(COc2ccc(Br)cc2F)c1F. The van der Waals surface area contributed by atoms with Crippen molar-refractivity contribution >= 4 is 21.8 Å². The summed E-state index contributed by atoms with van der Waals surface area (Å²) in [6, 6.07) is 8.67. The molecule has 0 saturated heterocycles. The quantitative estimate of drug-likeness (QED) is 0.381. The van der Waals surface area contributed by atoms with Gasteiger partial charge in [-0.3, -0.25) is 0 Å². The number of hydrogen-bond donors (Lipinski definition) is 2. The summed E-state index contributed by atoms with van der Waals surface area (Å²) in [7, 11) is 0. The average Bonchev–Trinajstić information content (AvgIpc) is 2.47. The molecular formula is C14H11BrF2N2O2. The van der Waals surface area contributed by atoms with E-state index in [0.29, 0.717) is 4.47 Å². The molecule has 0 aromatic heterocycles. The summed E-state index contributed by atoms with van der Waals surface area (Å²) in [5, 5.41) is 11.3. The second-order valence-corrected chi connectivity index (χ2v) is 5.04. The molecule has 0 aliphatic heterocycles. The lowest BCUT2D eigenvalue weighted by Crippen LogP contribution is -2.16. The van der Waals surface area contributed by atoms with Gasteiger partial charge in [-0.15, -0.1) is 0 Å². The molecule has 0 aliphatic carbocycles. The molecule has 110 valence electrons. The molecule has 0 fully saturated rings. The molecule has 0 spiro atoms. The number of halogens is 3. The number of oxime groups is 1. The van der Waals surface area contributed by atoms with E-state index in [9.17, 15) is 8.78 Å². The summed E-state index contributed by atoms with van der Waals surface area (Å²) in [5.41, 5.74) is 5.49. The molecule has 0 amide bonds. The molecule has 0 bridgehead atoms. The second-order valence-electron chi connectivity index (χ2n) is 4.13. The number of ether oxygens (including phenoxy) is 1. The number of amidine groups is 1. The molecule has 0 aliphatic rings. The van der Waals surface area contributed by atoms with Crippen molar-refractivity contribution < 1.29 is 18.7 Å². The van der Waals surface area contributed by atoms with E-state index in [1.54, 1.807) is 6.07 Å². The van der Waals surface area contributed by atoms with Crippen LogP contribution in [0.2, 0.25) is 0 Å². The van der Waals surface area contributed by atoms with Crippen molar-refractivity contribution in [3.8, 4) is 5.75 Å². The fourth-order valence-corrected chi connectivity index (χ4v) is 2.02. The van der Waals surface area contributed by atoms with Crippen LogP contribution in [0.3, 0.4) is 0 Å². The zero-order valence-corrected chi connectivity index (χ0v) is 12.3. The van der Waals surface area contributed by atoms with Gasteiger partial charge in [-0.25, -0.2) is 8.78 Å². The molecule has 0 saturated carbocycles. The van der Waals surface area contributed by atoms with Crippen molar-refractivity contribution in [1.82, 2.24) is 0 Å². The Kier molecular flexibility index (Phi) is 4.74. The van der Waals surface area contributed by atoms with Crippen LogP contribution in [0.5, 0.6) is 5.75 Å². The summed E-state index contributed by atoms with van der Waals surface area (Å²) in [6.07, 6.45) is 0. The Bertz CT molecular complexity index is 693. The maximum absolute atomic E-state index is 14.1. The normalized spacial score (nSPS) is 11.5. The Balaban J connectivity index is 2.21. The number of nitrogens with two attached hydrogens (primary N) is 1. The van der Waals surface area contributed by atoms with Crippen LogP contribution in [0, 0.1) is 11.6 Å². The zero-order valence-electron chi connectivity index (χ0n) is 10.7. The van der Waals surface area contributed by atoms with Crippen LogP contribution in [-0.2, 0) is 6.61 Å². The molecule has 0 radical (unpaired) electrons. The largest absolute Gasteiger partial charge is 0.486 e. The molecule has 0 atom stereocenters. The van der Waals surface area contributed by atoms with Crippen molar-refractivity contribution in [3.63, 3.8) is 0 Å². The maximum Gasteiger partial charge on any atom is 0.173 e. The highest BCUT2D eigenvalue weighted by atomic mass is 79.9. The van der Waals surface area contributed by atoms with Gasteiger partial charge < -0.3 is 15.7 Å². The third-order valence-electron chi connectivity index (χ3n) is 2.74. The predicted octanol–water partition coefficient (Wildman–Crippen LogP) is 3.40.